The van der Waals surface area contributed by atoms with Gasteiger partial charge >= 0.3 is 0 Å². The number of nitrogens with two attached hydrogens (primary N) is 1. The first-order chi connectivity index (χ1) is 9.97. The lowest BCUT2D eigenvalue weighted by atomic mass is 10.1. The van der Waals surface area contributed by atoms with Crippen LogP contribution in [0.1, 0.15) is 11.1 Å². The molecular weight excluding hydrogens is 300 g/mol. The Kier molecular flexibility index (Phi) is 4.59. The molecular formula is C14H12ClF2N3O. The molecule has 0 aliphatic carbocycles. The lowest BCUT2D eigenvalue weighted by molar-refractivity contribution is 0.318. The number of hydrogen-bond acceptors (Lipinski definition) is 3. The SMILES string of the molecule is N/C(=N/O)c1cc(F)cc(CNc2cc(F)cc(Cl)c2)c1. The van der Waals surface area contributed by atoms with E-state index in [0.29, 0.717) is 11.3 Å². The molecule has 0 saturated carbocycles. The number of nitrogens with zero attached hydrogens (tertiary/aromatic N) is 1. The average molecular weight is 312 g/mol. The van der Waals surface area contributed by atoms with Crippen molar-refractivity contribution >= 4 is 23.1 Å². The maximum Gasteiger partial charge on any atom is 0.170 e. The summed E-state index contributed by atoms with van der Waals surface area (Å²) < 4.78 is 26.7. The summed E-state index contributed by atoms with van der Waals surface area (Å²) in [5, 5.41) is 14.6. The summed E-state index contributed by atoms with van der Waals surface area (Å²) in [7, 11) is 0. The monoisotopic (exact) mass is 311 g/mol. The first kappa shape index (κ1) is 15.1. The minimum Gasteiger partial charge on any atom is -0.409 e. The smallest absolute Gasteiger partial charge is 0.170 e. The number of anilines is 1. The lowest BCUT2D eigenvalue weighted by Gasteiger charge is -2.09. The molecule has 7 heteroatoms. The highest BCUT2D eigenvalue weighted by Gasteiger charge is 2.06. The molecule has 0 aliphatic rings. The number of nitrogens with one attached hydrogen (secondary N) is 1. The van der Waals surface area contributed by atoms with Crippen LogP contribution in [-0.4, -0.2) is 11.0 Å². The Hall–Kier alpha value is -2.34. The van der Waals surface area contributed by atoms with Gasteiger partial charge in [-0.15, -0.1) is 0 Å². The minimum atomic E-state index is -0.520. The molecule has 110 valence electrons. The van der Waals surface area contributed by atoms with Crippen LogP contribution in [0.25, 0.3) is 0 Å². The molecule has 4 N–H and O–H groups in total. The molecule has 0 bridgehead atoms. The summed E-state index contributed by atoms with van der Waals surface area (Å²) in [6.45, 7) is 0.225. The van der Waals surface area contributed by atoms with Gasteiger partial charge < -0.3 is 16.3 Å². The summed E-state index contributed by atoms with van der Waals surface area (Å²) in [6.07, 6.45) is 0. The van der Waals surface area contributed by atoms with Crippen molar-refractivity contribution in [2.45, 2.75) is 6.54 Å². The third-order valence-corrected chi connectivity index (χ3v) is 2.94. The maximum absolute atomic E-state index is 13.5. The summed E-state index contributed by atoms with van der Waals surface area (Å²) in [5.41, 5.74) is 6.70. The van der Waals surface area contributed by atoms with E-state index in [9.17, 15) is 8.78 Å². The van der Waals surface area contributed by atoms with Gasteiger partial charge in [0.15, 0.2) is 5.84 Å². The third-order valence-electron chi connectivity index (χ3n) is 2.72. The van der Waals surface area contributed by atoms with Crippen molar-refractivity contribution in [3.63, 3.8) is 0 Å². The number of benzene rings is 2. The van der Waals surface area contributed by atoms with Crippen LogP contribution in [0.15, 0.2) is 41.6 Å². The molecule has 0 spiro atoms. The van der Waals surface area contributed by atoms with Gasteiger partial charge in [-0.3, -0.25) is 0 Å². The molecule has 0 aromatic heterocycles. The fourth-order valence-electron chi connectivity index (χ4n) is 1.82. The second-order valence-electron chi connectivity index (χ2n) is 4.35. The van der Waals surface area contributed by atoms with Gasteiger partial charge in [0.1, 0.15) is 11.6 Å². The van der Waals surface area contributed by atoms with E-state index < -0.39 is 11.6 Å². The Morgan fingerprint density at radius 2 is 1.86 bits per heavy atom. The molecule has 0 fully saturated rings. The summed E-state index contributed by atoms with van der Waals surface area (Å²) in [5.74, 6) is -1.18. The molecule has 0 unspecified atom stereocenters. The standard InChI is InChI=1S/C14H12ClF2N3O/c15-10-4-12(17)6-13(5-10)19-7-8-1-9(14(18)20-21)3-11(16)2-8/h1-6,19,21H,7H2,(H2,18,20). The van der Waals surface area contributed by atoms with Crippen molar-refractivity contribution in [1.29, 1.82) is 0 Å². The topological polar surface area (TPSA) is 70.6 Å². The first-order valence-electron chi connectivity index (χ1n) is 5.95. The van der Waals surface area contributed by atoms with Gasteiger partial charge in [-0.05, 0) is 42.0 Å². The highest BCUT2D eigenvalue weighted by atomic mass is 35.5. The third kappa shape index (κ3) is 4.06. The Morgan fingerprint density at radius 3 is 2.52 bits per heavy atom. The van der Waals surface area contributed by atoms with Gasteiger partial charge in [0.2, 0.25) is 0 Å². The largest absolute Gasteiger partial charge is 0.409 e. The highest BCUT2D eigenvalue weighted by Crippen LogP contribution is 2.19. The molecule has 2 aromatic carbocycles. The zero-order valence-electron chi connectivity index (χ0n) is 10.8. The Balaban J connectivity index is 2.18. The van der Waals surface area contributed by atoms with Crippen LogP contribution in [-0.2, 0) is 6.54 Å². The van der Waals surface area contributed by atoms with Crippen molar-refractivity contribution < 1.29 is 14.0 Å². The zero-order valence-corrected chi connectivity index (χ0v) is 11.5. The van der Waals surface area contributed by atoms with Crippen molar-refractivity contribution in [2.75, 3.05) is 5.32 Å². The van der Waals surface area contributed by atoms with Crippen LogP contribution in [0.3, 0.4) is 0 Å². The molecule has 0 aliphatic heterocycles. The maximum atomic E-state index is 13.5. The second kappa shape index (κ2) is 6.41. The number of halogens is 3. The van der Waals surface area contributed by atoms with E-state index in [0.717, 1.165) is 6.07 Å². The highest BCUT2D eigenvalue weighted by molar-refractivity contribution is 6.30. The predicted molar refractivity (Wildman–Crippen MR) is 77.6 cm³/mol. The zero-order chi connectivity index (χ0) is 15.4. The molecule has 0 amide bonds. The van der Waals surface area contributed by atoms with Crippen LogP contribution >= 0.6 is 11.6 Å². The quantitative estimate of drug-likeness (QED) is 0.351. The van der Waals surface area contributed by atoms with Gasteiger partial charge in [-0.1, -0.05) is 16.8 Å². The van der Waals surface area contributed by atoms with Crippen LogP contribution in [0.2, 0.25) is 5.02 Å². The fraction of sp³-hybridized carbons (Fsp3) is 0.0714. The van der Waals surface area contributed by atoms with E-state index in [1.54, 1.807) is 12.1 Å². The average Bonchev–Trinajstić information content (AvgIpc) is 2.42. The summed E-state index contributed by atoms with van der Waals surface area (Å²) in [4.78, 5) is 0. The number of amidine groups is 1. The number of oxime groups is 1. The first-order valence-corrected chi connectivity index (χ1v) is 6.33. The van der Waals surface area contributed by atoms with E-state index in [1.807, 2.05) is 0 Å². The number of rotatable bonds is 4. The van der Waals surface area contributed by atoms with Crippen molar-refractivity contribution in [1.82, 2.24) is 0 Å². The van der Waals surface area contributed by atoms with Gasteiger partial charge in [-0.25, -0.2) is 8.78 Å². The van der Waals surface area contributed by atoms with Crippen molar-refractivity contribution in [3.05, 3.63) is 64.2 Å². The van der Waals surface area contributed by atoms with Crippen LogP contribution < -0.4 is 11.1 Å². The van der Waals surface area contributed by atoms with E-state index in [2.05, 4.69) is 10.5 Å². The van der Waals surface area contributed by atoms with E-state index in [-0.39, 0.29) is 23.0 Å². The number of hydrogen-bond donors (Lipinski definition) is 3. The fourth-order valence-corrected chi connectivity index (χ4v) is 2.04. The summed E-state index contributed by atoms with van der Waals surface area (Å²) >= 11 is 5.74. The van der Waals surface area contributed by atoms with E-state index >= 15 is 0 Å². The van der Waals surface area contributed by atoms with Gasteiger partial charge in [-0.2, -0.15) is 0 Å². The molecule has 0 saturated heterocycles. The van der Waals surface area contributed by atoms with Crippen LogP contribution in [0.5, 0.6) is 0 Å². The van der Waals surface area contributed by atoms with Crippen LogP contribution in [0.4, 0.5) is 14.5 Å². The molecule has 0 atom stereocenters. The van der Waals surface area contributed by atoms with E-state index in [1.165, 1.54) is 18.2 Å². The second-order valence-corrected chi connectivity index (χ2v) is 4.78. The Morgan fingerprint density at radius 1 is 1.14 bits per heavy atom. The molecule has 0 heterocycles. The minimum absolute atomic E-state index is 0.190. The van der Waals surface area contributed by atoms with Gasteiger partial charge in [0.05, 0.1) is 0 Å². The summed E-state index contributed by atoms with van der Waals surface area (Å²) in [6, 6.07) is 8.02. The van der Waals surface area contributed by atoms with Crippen LogP contribution in [0, 0.1) is 11.6 Å². The van der Waals surface area contributed by atoms with Crippen molar-refractivity contribution in [2.24, 2.45) is 10.9 Å². The Labute approximate surface area is 124 Å². The van der Waals surface area contributed by atoms with E-state index in [4.69, 9.17) is 22.5 Å². The van der Waals surface area contributed by atoms with Gasteiger partial charge in [0, 0.05) is 22.8 Å². The Bertz CT molecular complexity index is 672. The molecule has 0 radical (unpaired) electrons. The van der Waals surface area contributed by atoms with Gasteiger partial charge in [0.25, 0.3) is 0 Å². The molecule has 2 rings (SSSR count). The molecule has 21 heavy (non-hydrogen) atoms. The normalized spacial score (nSPS) is 11.5. The lowest BCUT2D eigenvalue weighted by Crippen LogP contribution is -2.14. The van der Waals surface area contributed by atoms with Crippen molar-refractivity contribution in [3.8, 4) is 0 Å². The predicted octanol–water partition coefficient (Wildman–Crippen LogP) is 3.32. The molecule has 2 aromatic rings. The molecule has 4 nitrogen and oxygen atoms in total.